The van der Waals surface area contributed by atoms with E-state index in [1.807, 2.05) is 12.1 Å². The van der Waals surface area contributed by atoms with Crippen molar-refractivity contribution in [1.82, 2.24) is 9.97 Å². The summed E-state index contributed by atoms with van der Waals surface area (Å²) in [4.78, 5) is 10.9. The van der Waals surface area contributed by atoms with E-state index in [2.05, 4.69) is 27.0 Å². The van der Waals surface area contributed by atoms with Crippen LogP contribution in [0.15, 0.2) is 36.7 Å². The van der Waals surface area contributed by atoms with Crippen LogP contribution in [0.25, 0.3) is 0 Å². The van der Waals surface area contributed by atoms with Crippen LogP contribution in [0, 0.1) is 0 Å². The second-order valence-electron chi connectivity index (χ2n) is 4.58. The second-order valence-corrected chi connectivity index (χ2v) is 4.58. The van der Waals surface area contributed by atoms with Crippen molar-refractivity contribution in [3.8, 4) is 0 Å². The first-order valence-corrected chi connectivity index (χ1v) is 6.22. The quantitative estimate of drug-likeness (QED) is 0.816. The van der Waals surface area contributed by atoms with Crippen LogP contribution in [0.1, 0.15) is 17.8 Å². The number of nitrogens with two attached hydrogens (primary N) is 1. The summed E-state index contributed by atoms with van der Waals surface area (Å²) in [6.45, 7) is 1.78. The van der Waals surface area contributed by atoms with E-state index >= 15 is 0 Å². The number of fused-ring (bicyclic) bond motifs is 1. The summed E-state index contributed by atoms with van der Waals surface area (Å²) in [6.07, 6.45) is 5.87. The minimum atomic E-state index is 0.747. The van der Waals surface area contributed by atoms with Gasteiger partial charge in [-0.1, -0.05) is 6.07 Å². The van der Waals surface area contributed by atoms with Crippen LogP contribution in [0.5, 0.6) is 0 Å². The Labute approximate surface area is 106 Å². The van der Waals surface area contributed by atoms with Crippen molar-refractivity contribution in [1.29, 1.82) is 0 Å². The fraction of sp³-hybridized carbons (Fsp3) is 0.286. The van der Waals surface area contributed by atoms with Crippen LogP contribution in [-0.2, 0) is 13.0 Å². The molecule has 0 radical (unpaired) electrons. The van der Waals surface area contributed by atoms with Crippen LogP contribution in [0.4, 0.5) is 11.4 Å². The predicted molar refractivity (Wildman–Crippen MR) is 72.3 cm³/mol. The van der Waals surface area contributed by atoms with Crippen molar-refractivity contribution >= 4 is 11.4 Å². The number of hydrogen-bond acceptors (Lipinski definition) is 4. The Morgan fingerprint density at radius 3 is 2.89 bits per heavy atom. The summed E-state index contributed by atoms with van der Waals surface area (Å²) < 4.78 is 0. The van der Waals surface area contributed by atoms with Crippen LogP contribution in [-0.4, -0.2) is 16.5 Å². The second kappa shape index (κ2) is 4.64. The van der Waals surface area contributed by atoms with Gasteiger partial charge in [0.05, 0.1) is 6.54 Å². The Balaban J connectivity index is 1.89. The molecule has 0 saturated carbocycles. The van der Waals surface area contributed by atoms with Crippen molar-refractivity contribution in [3.05, 3.63) is 48.0 Å². The third-order valence-electron chi connectivity index (χ3n) is 3.28. The van der Waals surface area contributed by atoms with Gasteiger partial charge in [-0.2, -0.15) is 0 Å². The lowest BCUT2D eigenvalue weighted by molar-refractivity contribution is 0.674. The van der Waals surface area contributed by atoms with Crippen molar-refractivity contribution < 1.29 is 0 Å². The Morgan fingerprint density at radius 2 is 2.06 bits per heavy atom. The normalized spacial score (nSPS) is 14.3. The van der Waals surface area contributed by atoms with Gasteiger partial charge in [0.2, 0.25) is 0 Å². The third kappa shape index (κ3) is 2.14. The summed E-state index contributed by atoms with van der Waals surface area (Å²) >= 11 is 0. The zero-order valence-electron chi connectivity index (χ0n) is 10.2. The maximum Gasteiger partial charge on any atom is 0.147 e. The SMILES string of the molecule is Nc1ccc2c(c1)N(Cc1ncccn1)CCC2. The van der Waals surface area contributed by atoms with E-state index in [0.717, 1.165) is 31.0 Å². The molecule has 0 amide bonds. The Hall–Kier alpha value is -2.10. The molecule has 0 fully saturated rings. The number of benzene rings is 1. The van der Waals surface area contributed by atoms with Crippen molar-refractivity contribution in [3.63, 3.8) is 0 Å². The molecule has 2 N–H and O–H groups in total. The number of nitrogen functional groups attached to an aromatic ring is 1. The maximum atomic E-state index is 5.88. The lowest BCUT2D eigenvalue weighted by Crippen LogP contribution is -2.29. The highest BCUT2D eigenvalue weighted by Crippen LogP contribution is 2.29. The molecule has 0 bridgehead atoms. The zero-order valence-corrected chi connectivity index (χ0v) is 10.2. The number of rotatable bonds is 2. The first-order chi connectivity index (χ1) is 8.83. The van der Waals surface area contributed by atoms with Gasteiger partial charge in [-0.05, 0) is 36.6 Å². The average molecular weight is 240 g/mol. The third-order valence-corrected chi connectivity index (χ3v) is 3.28. The van der Waals surface area contributed by atoms with Gasteiger partial charge in [-0.25, -0.2) is 9.97 Å². The molecule has 0 saturated heterocycles. The largest absolute Gasteiger partial charge is 0.399 e. The molecule has 1 aliphatic heterocycles. The molecular formula is C14H16N4. The van der Waals surface area contributed by atoms with Gasteiger partial charge in [-0.3, -0.25) is 0 Å². The van der Waals surface area contributed by atoms with Gasteiger partial charge in [-0.15, -0.1) is 0 Å². The van der Waals surface area contributed by atoms with Gasteiger partial charge in [0, 0.05) is 30.3 Å². The number of aromatic nitrogens is 2. The van der Waals surface area contributed by atoms with Crippen molar-refractivity contribution in [2.75, 3.05) is 17.2 Å². The van der Waals surface area contributed by atoms with E-state index in [1.54, 1.807) is 12.4 Å². The summed E-state index contributed by atoms with van der Waals surface area (Å²) in [5.74, 6) is 0.854. The zero-order chi connectivity index (χ0) is 12.4. The number of aryl methyl sites for hydroxylation is 1. The maximum absolute atomic E-state index is 5.88. The lowest BCUT2D eigenvalue weighted by Gasteiger charge is -2.30. The van der Waals surface area contributed by atoms with Gasteiger partial charge in [0.25, 0.3) is 0 Å². The van der Waals surface area contributed by atoms with Gasteiger partial charge < -0.3 is 10.6 Å². The van der Waals surface area contributed by atoms with Gasteiger partial charge >= 0.3 is 0 Å². The smallest absolute Gasteiger partial charge is 0.147 e. The molecule has 1 aromatic heterocycles. The highest BCUT2D eigenvalue weighted by Gasteiger charge is 2.17. The molecule has 18 heavy (non-hydrogen) atoms. The standard InChI is InChI=1S/C14H16N4/c15-12-5-4-11-3-1-8-18(13(11)9-12)10-14-16-6-2-7-17-14/h2,4-7,9H,1,3,8,10,15H2. The van der Waals surface area contributed by atoms with E-state index in [4.69, 9.17) is 5.73 Å². The number of nitrogens with zero attached hydrogens (tertiary/aromatic N) is 3. The van der Waals surface area contributed by atoms with E-state index in [9.17, 15) is 0 Å². The molecule has 92 valence electrons. The number of hydrogen-bond donors (Lipinski definition) is 1. The molecule has 0 spiro atoms. The molecular weight excluding hydrogens is 224 g/mol. The molecule has 1 aromatic carbocycles. The fourth-order valence-corrected chi connectivity index (χ4v) is 2.41. The minimum Gasteiger partial charge on any atom is -0.399 e. The first-order valence-electron chi connectivity index (χ1n) is 6.22. The van der Waals surface area contributed by atoms with Crippen LogP contribution in [0.3, 0.4) is 0 Å². The monoisotopic (exact) mass is 240 g/mol. The molecule has 0 unspecified atom stereocenters. The van der Waals surface area contributed by atoms with Gasteiger partial charge in [0.15, 0.2) is 0 Å². The average Bonchev–Trinajstić information content (AvgIpc) is 2.41. The van der Waals surface area contributed by atoms with E-state index in [0.29, 0.717) is 0 Å². The Kier molecular flexibility index (Phi) is 2.84. The summed E-state index contributed by atoms with van der Waals surface area (Å²) in [5.41, 5.74) is 9.29. The molecule has 2 heterocycles. The van der Waals surface area contributed by atoms with Gasteiger partial charge in [0.1, 0.15) is 5.82 Å². The molecule has 3 rings (SSSR count). The number of anilines is 2. The minimum absolute atomic E-state index is 0.747. The molecule has 2 aromatic rings. The molecule has 1 aliphatic rings. The van der Waals surface area contributed by atoms with Crippen LogP contribution in [0.2, 0.25) is 0 Å². The van der Waals surface area contributed by atoms with E-state index < -0.39 is 0 Å². The Bertz CT molecular complexity index is 539. The molecule has 0 aliphatic carbocycles. The topological polar surface area (TPSA) is 55.0 Å². The molecule has 0 atom stereocenters. The first kappa shape index (κ1) is 11.0. The molecule has 4 heteroatoms. The lowest BCUT2D eigenvalue weighted by atomic mass is 10.0. The summed E-state index contributed by atoms with van der Waals surface area (Å²) in [7, 11) is 0. The van der Waals surface area contributed by atoms with E-state index in [1.165, 1.54) is 17.7 Å². The van der Waals surface area contributed by atoms with Crippen LogP contribution < -0.4 is 10.6 Å². The highest BCUT2D eigenvalue weighted by atomic mass is 15.2. The van der Waals surface area contributed by atoms with Crippen molar-refractivity contribution in [2.45, 2.75) is 19.4 Å². The fourth-order valence-electron chi connectivity index (χ4n) is 2.41. The highest BCUT2D eigenvalue weighted by molar-refractivity contribution is 5.62. The molecule has 4 nitrogen and oxygen atoms in total. The predicted octanol–water partition coefficient (Wildman–Crippen LogP) is 2.01. The summed E-state index contributed by atoms with van der Waals surface area (Å²) in [5, 5.41) is 0. The van der Waals surface area contributed by atoms with Crippen LogP contribution >= 0.6 is 0 Å². The summed E-state index contributed by atoms with van der Waals surface area (Å²) in [6, 6.07) is 7.99. The Morgan fingerprint density at radius 1 is 1.22 bits per heavy atom. The van der Waals surface area contributed by atoms with E-state index in [-0.39, 0.29) is 0 Å². The van der Waals surface area contributed by atoms with Crippen molar-refractivity contribution in [2.24, 2.45) is 0 Å².